The van der Waals surface area contributed by atoms with Gasteiger partial charge in [-0.15, -0.1) is 0 Å². The smallest absolute Gasteiger partial charge is 0.248 e. The van der Waals surface area contributed by atoms with Crippen LogP contribution in [0.2, 0.25) is 0 Å². The highest BCUT2D eigenvalue weighted by Gasteiger charge is 2.17. The largest absolute Gasteiger partial charge is 0.497 e. The molecule has 0 heterocycles. The number of hydrogen-bond acceptors (Lipinski definition) is 4. The molecule has 0 saturated heterocycles. The fourth-order valence-electron chi connectivity index (χ4n) is 4.71. The van der Waals surface area contributed by atoms with Crippen LogP contribution >= 0.6 is 0 Å². The van der Waals surface area contributed by atoms with E-state index in [4.69, 9.17) is 4.74 Å². The number of carbonyl (C=O) groups is 3. The van der Waals surface area contributed by atoms with Gasteiger partial charge in [-0.2, -0.15) is 0 Å². The quantitative estimate of drug-likeness (QED) is 0.131. The summed E-state index contributed by atoms with van der Waals surface area (Å²) in [5.41, 5.74) is 6.45. The molecule has 44 heavy (non-hydrogen) atoms. The summed E-state index contributed by atoms with van der Waals surface area (Å²) >= 11 is 0. The Hall–Kier alpha value is -5.75. The average Bonchev–Trinajstić information content (AvgIpc) is 3.06. The molecule has 6 heteroatoms. The van der Waals surface area contributed by atoms with Crippen molar-refractivity contribution in [3.05, 3.63) is 155 Å². The minimum atomic E-state index is -0.353. The Bertz CT molecular complexity index is 1810. The fraction of sp³-hybridized carbons (Fsp3) is 0.0789. The molecule has 5 aromatic carbocycles. The standard InChI is InChI=1S/C38H32N2O4/c1-26-11-13-28(14-12-26)24-37(42)40-35-21-18-32(25-34(35)38(43)30-8-4-3-5-9-30)39-36(41)22-15-27-7-6-10-31(23-27)29-16-19-33(44-2)20-17-29/h3-23,25H,24H2,1-2H3,(H,39,41)(H,40,42)/b22-15+. The van der Waals surface area contributed by atoms with Gasteiger partial charge in [0, 0.05) is 22.9 Å². The topological polar surface area (TPSA) is 84.5 Å². The van der Waals surface area contributed by atoms with Crippen LogP contribution in [0.4, 0.5) is 11.4 Å². The minimum Gasteiger partial charge on any atom is -0.497 e. The molecule has 218 valence electrons. The van der Waals surface area contributed by atoms with Crippen molar-refractivity contribution < 1.29 is 19.1 Å². The first-order valence-corrected chi connectivity index (χ1v) is 14.2. The molecule has 0 aromatic heterocycles. The van der Waals surface area contributed by atoms with E-state index in [1.807, 2.05) is 85.8 Å². The lowest BCUT2D eigenvalue weighted by atomic mass is 10.0. The molecule has 5 aromatic rings. The maximum Gasteiger partial charge on any atom is 0.248 e. The van der Waals surface area contributed by atoms with Crippen LogP contribution in [-0.2, 0) is 16.0 Å². The zero-order valence-corrected chi connectivity index (χ0v) is 24.5. The zero-order valence-electron chi connectivity index (χ0n) is 24.5. The second kappa shape index (κ2) is 13.9. The third kappa shape index (κ3) is 7.75. The van der Waals surface area contributed by atoms with Crippen LogP contribution in [0.3, 0.4) is 0 Å². The van der Waals surface area contributed by atoms with Gasteiger partial charge in [-0.05, 0) is 71.7 Å². The number of aryl methyl sites for hydroxylation is 1. The van der Waals surface area contributed by atoms with Crippen LogP contribution in [-0.4, -0.2) is 24.7 Å². The van der Waals surface area contributed by atoms with Gasteiger partial charge in [0.2, 0.25) is 11.8 Å². The van der Waals surface area contributed by atoms with Gasteiger partial charge in [0.1, 0.15) is 5.75 Å². The summed E-state index contributed by atoms with van der Waals surface area (Å²) in [7, 11) is 1.63. The van der Waals surface area contributed by atoms with Crippen LogP contribution in [0.5, 0.6) is 5.75 Å². The molecule has 2 amide bonds. The van der Waals surface area contributed by atoms with Crippen molar-refractivity contribution in [2.24, 2.45) is 0 Å². The van der Waals surface area contributed by atoms with Gasteiger partial charge >= 0.3 is 0 Å². The van der Waals surface area contributed by atoms with E-state index in [-0.39, 0.29) is 29.6 Å². The second-order valence-corrected chi connectivity index (χ2v) is 10.3. The Kier molecular flexibility index (Phi) is 9.42. The molecular formula is C38H32N2O4. The van der Waals surface area contributed by atoms with E-state index < -0.39 is 0 Å². The summed E-state index contributed by atoms with van der Waals surface area (Å²) in [6, 6.07) is 37.1. The Morgan fingerprint density at radius 2 is 1.48 bits per heavy atom. The normalized spacial score (nSPS) is 10.8. The van der Waals surface area contributed by atoms with Crippen molar-refractivity contribution in [3.8, 4) is 16.9 Å². The number of amides is 2. The van der Waals surface area contributed by atoms with Gasteiger partial charge < -0.3 is 15.4 Å². The third-order valence-corrected chi connectivity index (χ3v) is 7.06. The maximum atomic E-state index is 13.5. The number of benzene rings is 5. The molecule has 0 spiro atoms. The van der Waals surface area contributed by atoms with E-state index in [2.05, 4.69) is 10.6 Å². The fourth-order valence-corrected chi connectivity index (χ4v) is 4.71. The molecule has 0 radical (unpaired) electrons. The van der Waals surface area contributed by atoms with Gasteiger partial charge in [-0.1, -0.05) is 90.5 Å². The van der Waals surface area contributed by atoms with Gasteiger partial charge in [0.25, 0.3) is 0 Å². The van der Waals surface area contributed by atoms with Crippen molar-refractivity contribution in [1.29, 1.82) is 0 Å². The molecule has 0 bridgehead atoms. The van der Waals surface area contributed by atoms with E-state index in [0.717, 1.165) is 33.6 Å². The van der Waals surface area contributed by atoms with Crippen LogP contribution in [0.25, 0.3) is 17.2 Å². The molecule has 0 fully saturated rings. The highest BCUT2D eigenvalue weighted by molar-refractivity contribution is 6.15. The molecule has 6 nitrogen and oxygen atoms in total. The van der Waals surface area contributed by atoms with Crippen molar-refractivity contribution in [2.45, 2.75) is 13.3 Å². The number of nitrogens with one attached hydrogen (secondary N) is 2. The van der Waals surface area contributed by atoms with Gasteiger partial charge in [-0.25, -0.2) is 0 Å². The summed E-state index contributed by atoms with van der Waals surface area (Å²) in [5.74, 6) is -0.0762. The predicted molar refractivity (Wildman–Crippen MR) is 176 cm³/mol. The van der Waals surface area contributed by atoms with Crippen LogP contribution in [0, 0.1) is 6.92 Å². The number of methoxy groups -OCH3 is 1. The van der Waals surface area contributed by atoms with Crippen LogP contribution in [0.15, 0.2) is 127 Å². The first-order valence-electron chi connectivity index (χ1n) is 14.2. The lowest BCUT2D eigenvalue weighted by Crippen LogP contribution is -2.18. The summed E-state index contributed by atoms with van der Waals surface area (Å²) in [4.78, 5) is 39.3. The molecule has 0 unspecified atom stereocenters. The number of anilines is 2. The van der Waals surface area contributed by atoms with E-state index in [0.29, 0.717) is 16.9 Å². The summed E-state index contributed by atoms with van der Waals surface area (Å²) in [5, 5.41) is 5.72. The van der Waals surface area contributed by atoms with Crippen molar-refractivity contribution in [3.63, 3.8) is 0 Å². The predicted octanol–water partition coefficient (Wildman–Crippen LogP) is 7.73. The van der Waals surface area contributed by atoms with E-state index in [1.54, 1.807) is 55.7 Å². The highest BCUT2D eigenvalue weighted by atomic mass is 16.5. The highest BCUT2D eigenvalue weighted by Crippen LogP contribution is 2.26. The van der Waals surface area contributed by atoms with E-state index in [9.17, 15) is 14.4 Å². The summed E-state index contributed by atoms with van der Waals surface area (Å²) in [6.45, 7) is 1.99. The molecular weight excluding hydrogens is 548 g/mol. The van der Waals surface area contributed by atoms with E-state index >= 15 is 0 Å². The maximum absolute atomic E-state index is 13.5. The molecule has 0 aliphatic rings. The Morgan fingerprint density at radius 3 is 2.20 bits per heavy atom. The first kappa shape index (κ1) is 29.7. The number of carbonyl (C=O) groups excluding carboxylic acids is 3. The number of hydrogen-bond donors (Lipinski definition) is 2. The summed E-state index contributed by atoms with van der Waals surface area (Å²) < 4.78 is 5.24. The van der Waals surface area contributed by atoms with Gasteiger partial charge in [0.05, 0.1) is 19.2 Å². The summed E-state index contributed by atoms with van der Waals surface area (Å²) in [6.07, 6.45) is 3.35. The molecule has 5 rings (SSSR count). The Balaban J connectivity index is 1.32. The molecule has 0 atom stereocenters. The first-order chi connectivity index (χ1) is 21.4. The molecule has 0 aliphatic heterocycles. The monoisotopic (exact) mass is 580 g/mol. The number of ketones is 1. The zero-order chi connectivity index (χ0) is 30.9. The van der Waals surface area contributed by atoms with E-state index in [1.165, 1.54) is 6.08 Å². The van der Waals surface area contributed by atoms with Crippen molar-refractivity contribution in [2.75, 3.05) is 17.7 Å². The van der Waals surface area contributed by atoms with Crippen molar-refractivity contribution in [1.82, 2.24) is 0 Å². The molecule has 0 saturated carbocycles. The second-order valence-electron chi connectivity index (χ2n) is 10.3. The van der Waals surface area contributed by atoms with Gasteiger partial charge in [0.15, 0.2) is 5.78 Å². The molecule has 0 aliphatic carbocycles. The lowest BCUT2D eigenvalue weighted by molar-refractivity contribution is -0.115. The third-order valence-electron chi connectivity index (χ3n) is 7.06. The van der Waals surface area contributed by atoms with Gasteiger partial charge in [-0.3, -0.25) is 14.4 Å². The minimum absolute atomic E-state index is 0.169. The average molecular weight is 581 g/mol. The van der Waals surface area contributed by atoms with Crippen LogP contribution in [0.1, 0.15) is 32.6 Å². The SMILES string of the molecule is COc1ccc(-c2cccc(/C=C/C(=O)Nc3ccc(NC(=O)Cc4ccc(C)cc4)c(C(=O)c4ccccc4)c3)c2)cc1. The Morgan fingerprint density at radius 1 is 0.727 bits per heavy atom. The molecule has 2 N–H and O–H groups in total. The number of ether oxygens (including phenoxy) is 1. The Labute approximate surface area is 257 Å². The number of rotatable bonds is 10. The van der Waals surface area contributed by atoms with Crippen LogP contribution < -0.4 is 15.4 Å². The lowest BCUT2D eigenvalue weighted by Gasteiger charge is -2.13. The van der Waals surface area contributed by atoms with Crippen molar-refractivity contribution >= 4 is 35.0 Å².